The van der Waals surface area contributed by atoms with Gasteiger partial charge in [-0.25, -0.2) is 0 Å². The van der Waals surface area contributed by atoms with Crippen molar-refractivity contribution in [2.24, 2.45) is 0 Å². The second-order valence-electron chi connectivity index (χ2n) is 6.45. The molecule has 2 atom stereocenters. The second-order valence-corrected chi connectivity index (χ2v) is 6.45. The molecule has 1 aliphatic heterocycles. The zero-order valence-corrected chi connectivity index (χ0v) is 15.0. The number of esters is 1. The molecule has 0 amide bonds. The van der Waals surface area contributed by atoms with Crippen LogP contribution < -0.4 is 0 Å². The highest BCUT2D eigenvalue weighted by Gasteiger charge is 2.41. The molecule has 3 heteroatoms. The van der Waals surface area contributed by atoms with E-state index in [9.17, 15) is 4.79 Å². The minimum absolute atomic E-state index is 0.327. The summed E-state index contributed by atoms with van der Waals surface area (Å²) in [5, 5.41) is 0. The summed E-state index contributed by atoms with van der Waals surface area (Å²) in [5.41, 5.74) is 3.82. The molecule has 3 nitrogen and oxygen atoms in total. The zero-order valence-electron chi connectivity index (χ0n) is 15.0. The SMILES string of the molecule is CC(=O)O[C@@H]1C(c2ccccc2)=C(c2ccccc2)O[C@H]1c1ccccc1. The highest BCUT2D eigenvalue weighted by atomic mass is 16.6. The van der Waals surface area contributed by atoms with Gasteiger partial charge in [-0.1, -0.05) is 91.0 Å². The van der Waals surface area contributed by atoms with Crippen LogP contribution in [0.5, 0.6) is 0 Å². The lowest BCUT2D eigenvalue weighted by Crippen LogP contribution is -2.23. The van der Waals surface area contributed by atoms with Gasteiger partial charge < -0.3 is 9.47 Å². The van der Waals surface area contributed by atoms with E-state index >= 15 is 0 Å². The topological polar surface area (TPSA) is 35.5 Å². The average Bonchev–Trinajstić information content (AvgIpc) is 3.08. The zero-order chi connectivity index (χ0) is 18.6. The smallest absolute Gasteiger partial charge is 0.303 e. The Hall–Kier alpha value is -3.33. The molecule has 134 valence electrons. The number of rotatable bonds is 4. The molecule has 0 aromatic heterocycles. The molecular weight excluding hydrogens is 336 g/mol. The Labute approximate surface area is 158 Å². The first-order valence-corrected chi connectivity index (χ1v) is 8.98. The number of carbonyl (C=O) groups is 1. The molecular formula is C24H20O3. The molecule has 0 spiro atoms. The van der Waals surface area contributed by atoms with Crippen LogP contribution in [-0.4, -0.2) is 12.1 Å². The summed E-state index contributed by atoms with van der Waals surface area (Å²) in [6, 6.07) is 29.8. The van der Waals surface area contributed by atoms with Gasteiger partial charge in [0.25, 0.3) is 0 Å². The lowest BCUT2D eigenvalue weighted by Gasteiger charge is -2.21. The fourth-order valence-corrected chi connectivity index (χ4v) is 3.44. The molecule has 0 saturated heterocycles. The van der Waals surface area contributed by atoms with E-state index < -0.39 is 6.10 Å². The van der Waals surface area contributed by atoms with Crippen molar-refractivity contribution in [2.45, 2.75) is 19.1 Å². The first-order chi connectivity index (χ1) is 13.2. The van der Waals surface area contributed by atoms with Gasteiger partial charge in [-0.2, -0.15) is 0 Å². The van der Waals surface area contributed by atoms with E-state index in [-0.39, 0.29) is 12.1 Å². The molecule has 0 bridgehead atoms. The van der Waals surface area contributed by atoms with Gasteiger partial charge in [-0.05, 0) is 11.1 Å². The summed E-state index contributed by atoms with van der Waals surface area (Å²) in [6.45, 7) is 1.44. The van der Waals surface area contributed by atoms with E-state index in [2.05, 4.69) is 0 Å². The van der Waals surface area contributed by atoms with E-state index in [1.807, 2.05) is 91.0 Å². The van der Waals surface area contributed by atoms with Gasteiger partial charge in [0.1, 0.15) is 5.76 Å². The van der Waals surface area contributed by atoms with Crippen molar-refractivity contribution in [1.29, 1.82) is 0 Å². The fourth-order valence-electron chi connectivity index (χ4n) is 3.44. The van der Waals surface area contributed by atoms with Gasteiger partial charge in [0, 0.05) is 18.1 Å². The standard InChI is InChI=1S/C24H20O3/c1-17(25)26-24-21(18-11-5-2-6-12-18)22(19-13-7-3-8-14-19)27-23(24)20-15-9-4-10-16-20/h2-16,23-24H,1H3/t23-,24+/m0/s1. The van der Waals surface area contributed by atoms with Crippen molar-refractivity contribution in [1.82, 2.24) is 0 Å². The quantitative estimate of drug-likeness (QED) is 0.598. The number of carbonyl (C=O) groups excluding carboxylic acids is 1. The Kier molecular flexibility index (Phi) is 4.75. The van der Waals surface area contributed by atoms with Gasteiger partial charge >= 0.3 is 5.97 Å². The van der Waals surface area contributed by atoms with Gasteiger partial charge in [-0.3, -0.25) is 4.79 Å². The Balaban J connectivity index is 1.88. The molecule has 3 aromatic carbocycles. The molecule has 1 aliphatic rings. The van der Waals surface area contributed by atoms with Gasteiger partial charge in [0.2, 0.25) is 0 Å². The van der Waals surface area contributed by atoms with Crippen molar-refractivity contribution >= 4 is 17.3 Å². The molecule has 1 heterocycles. The van der Waals surface area contributed by atoms with Crippen LogP contribution in [0.15, 0.2) is 91.0 Å². The predicted octanol–water partition coefficient (Wildman–Crippen LogP) is 5.26. The van der Waals surface area contributed by atoms with Crippen LogP contribution in [-0.2, 0) is 14.3 Å². The minimum atomic E-state index is -0.512. The molecule has 3 aromatic rings. The highest BCUT2D eigenvalue weighted by molar-refractivity contribution is 5.93. The van der Waals surface area contributed by atoms with Gasteiger partial charge in [0.15, 0.2) is 12.2 Å². The molecule has 0 fully saturated rings. The molecule has 0 saturated carbocycles. The average molecular weight is 356 g/mol. The highest BCUT2D eigenvalue weighted by Crippen LogP contribution is 2.46. The van der Waals surface area contributed by atoms with Crippen molar-refractivity contribution in [2.75, 3.05) is 0 Å². The maximum Gasteiger partial charge on any atom is 0.303 e. The first-order valence-electron chi connectivity index (χ1n) is 8.98. The van der Waals surface area contributed by atoms with Crippen molar-refractivity contribution in [3.63, 3.8) is 0 Å². The maximum atomic E-state index is 11.9. The van der Waals surface area contributed by atoms with Crippen LogP contribution in [0.2, 0.25) is 0 Å². The first kappa shape index (κ1) is 17.1. The van der Waals surface area contributed by atoms with Crippen LogP contribution in [0.1, 0.15) is 29.7 Å². The Morgan fingerprint density at radius 1 is 0.778 bits per heavy atom. The van der Waals surface area contributed by atoms with Gasteiger partial charge in [0.05, 0.1) is 0 Å². The largest absolute Gasteiger partial charge is 0.480 e. The summed E-state index contributed by atoms with van der Waals surface area (Å²) in [7, 11) is 0. The molecule has 0 unspecified atom stereocenters. The second kappa shape index (κ2) is 7.50. The molecule has 4 rings (SSSR count). The summed E-state index contributed by atoms with van der Waals surface area (Å²) >= 11 is 0. The number of ether oxygens (including phenoxy) is 2. The van der Waals surface area contributed by atoms with E-state index in [0.717, 1.165) is 28.0 Å². The van der Waals surface area contributed by atoms with Gasteiger partial charge in [-0.15, -0.1) is 0 Å². The fraction of sp³-hybridized carbons (Fsp3) is 0.125. The minimum Gasteiger partial charge on any atom is -0.480 e. The number of hydrogen-bond donors (Lipinski definition) is 0. The Morgan fingerprint density at radius 3 is 1.85 bits per heavy atom. The van der Waals surface area contributed by atoms with E-state index in [1.54, 1.807) is 0 Å². The van der Waals surface area contributed by atoms with Crippen LogP contribution in [0.3, 0.4) is 0 Å². The maximum absolute atomic E-state index is 11.9. The van der Waals surface area contributed by atoms with Crippen LogP contribution in [0.25, 0.3) is 11.3 Å². The van der Waals surface area contributed by atoms with Crippen molar-refractivity contribution < 1.29 is 14.3 Å². The monoisotopic (exact) mass is 356 g/mol. The molecule has 0 radical (unpaired) electrons. The molecule has 0 aliphatic carbocycles. The Bertz CT molecular complexity index is 947. The number of hydrogen-bond acceptors (Lipinski definition) is 3. The molecule has 27 heavy (non-hydrogen) atoms. The predicted molar refractivity (Wildman–Crippen MR) is 106 cm³/mol. The normalized spacial score (nSPS) is 18.9. The summed E-state index contributed by atoms with van der Waals surface area (Å²) in [6.07, 6.45) is -0.900. The van der Waals surface area contributed by atoms with E-state index in [4.69, 9.17) is 9.47 Å². The van der Waals surface area contributed by atoms with E-state index in [0.29, 0.717) is 0 Å². The third-order valence-corrected chi connectivity index (χ3v) is 4.59. The van der Waals surface area contributed by atoms with Crippen LogP contribution in [0.4, 0.5) is 0 Å². The van der Waals surface area contributed by atoms with Crippen molar-refractivity contribution in [3.05, 3.63) is 108 Å². The summed E-state index contributed by atoms with van der Waals surface area (Å²) in [5.74, 6) is 0.425. The third kappa shape index (κ3) is 3.49. The third-order valence-electron chi connectivity index (χ3n) is 4.59. The van der Waals surface area contributed by atoms with E-state index in [1.165, 1.54) is 6.92 Å². The van der Waals surface area contributed by atoms with Crippen LogP contribution in [0, 0.1) is 0 Å². The Morgan fingerprint density at radius 2 is 1.30 bits per heavy atom. The summed E-state index contributed by atoms with van der Waals surface area (Å²) < 4.78 is 12.2. The number of benzene rings is 3. The summed E-state index contributed by atoms with van der Waals surface area (Å²) in [4.78, 5) is 11.9. The molecule has 0 N–H and O–H groups in total. The van der Waals surface area contributed by atoms with Crippen LogP contribution >= 0.6 is 0 Å². The lowest BCUT2D eigenvalue weighted by molar-refractivity contribution is -0.147. The van der Waals surface area contributed by atoms with Crippen molar-refractivity contribution in [3.8, 4) is 0 Å². The lowest BCUT2D eigenvalue weighted by atomic mass is 9.93.